The van der Waals surface area contributed by atoms with Gasteiger partial charge in [-0.15, -0.1) is 0 Å². The average Bonchev–Trinajstić information content (AvgIpc) is 3.90. The average molecular weight is 749 g/mol. The SMILES string of the molecule is C=Cc1c2[nH]c(c1C)/C=C1\NC(C3=c4[nH]c(c(C)c4=C(O)[C@@H]3C(=O)OC)/C=c3\[nH]/c(c(C)c3CC)=C\2)[C@@H](CCC(=O)OC/C=C(/C)CCC[C@H](C)CC)[C@@H]1C. The summed E-state index contributed by atoms with van der Waals surface area (Å²) in [6.45, 7) is 21.6. The van der Waals surface area contributed by atoms with Gasteiger partial charge in [0.05, 0.1) is 18.5 Å². The van der Waals surface area contributed by atoms with Gasteiger partial charge in [-0.1, -0.05) is 58.8 Å². The fourth-order valence-electron chi connectivity index (χ4n) is 8.95. The molecule has 9 nitrogen and oxygen atoms in total. The largest absolute Gasteiger partial charge is 0.510 e. The second kappa shape index (κ2) is 16.4. The van der Waals surface area contributed by atoms with Gasteiger partial charge in [-0.2, -0.15) is 0 Å². The molecule has 5 N–H and O–H groups in total. The van der Waals surface area contributed by atoms with Crippen LogP contribution in [0.25, 0.3) is 35.6 Å². The van der Waals surface area contributed by atoms with E-state index in [-0.39, 0.29) is 36.6 Å². The molecule has 1 aliphatic carbocycles. The van der Waals surface area contributed by atoms with E-state index in [9.17, 15) is 14.7 Å². The first-order valence-corrected chi connectivity index (χ1v) is 20.1. The first-order valence-electron chi connectivity index (χ1n) is 20.1. The van der Waals surface area contributed by atoms with Crippen molar-refractivity contribution in [2.24, 2.45) is 23.7 Å². The molecule has 0 aromatic carbocycles. The molecule has 0 amide bonds. The standard InChI is InChI=1S/C46H60N4O5/c1-11-24(4)15-14-16-25(5)19-20-55-39(51)18-17-32-28(8)35-21-33-26(6)30(12-2)37(47-33)22-34-27(7)31(13-3)38(48-34)23-36-29(9)40-44(50-36)41(43(32)49-35)42(45(40)52)46(53)54-10/h12,19,21-24,28,32,42-43,47-50,52H,2,11,13-18,20H2,1,3-10H3/b25-19-,34-22-,35-21-,38-23-/t24-,28+,32+,42-,43?/m1/s1. The van der Waals surface area contributed by atoms with Gasteiger partial charge in [-0.3, -0.25) is 9.59 Å². The van der Waals surface area contributed by atoms with Crippen molar-refractivity contribution in [2.75, 3.05) is 13.7 Å². The van der Waals surface area contributed by atoms with Crippen LogP contribution in [0.15, 0.2) is 23.9 Å². The Morgan fingerprint density at radius 3 is 2.40 bits per heavy atom. The minimum atomic E-state index is -0.990. The monoisotopic (exact) mass is 748 g/mol. The summed E-state index contributed by atoms with van der Waals surface area (Å²) in [5, 5.41) is 19.0. The molecule has 2 aliphatic heterocycles. The van der Waals surface area contributed by atoms with E-state index in [1.54, 1.807) is 0 Å². The summed E-state index contributed by atoms with van der Waals surface area (Å²) in [6.07, 6.45) is 16.4. The van der Waals surface area contributed by atoms with Crippen LogP contribution < -0.4 is 26.6 Å². The van der Waals surface area contributed by atoms with Gasteiger partial charge >= 0.3 is 11.9 Å². The number of carbonyl (C=O) groups is 2. The molecule has 294 valence electrons. The highest BCUT2D eigenvalue weighted by Gasteiger charge is 2.47. The van der Waals surface area contributed by atoms with Gasteiger partial charge < -0.3 is 34.8 Å². The first-order chi connectivity index (χ1) is 26.3. The van der Waals surface area contributed by atoms with E-state index >= 15 is 0 Å². The zero-order valence-corrected chi connectivity index (χ0v) is 34.2. The number of H-pyrrole nitrogens is 3. The highest BCUT2D eigenvalue weighted by Crippen LogP contribution is 2.42. The van der Waals surface area contributed by atoms with Crippen molar-refractivity contribution in [3.8, 4) is 0 Å². The second-order valence-corrected chi connectivity index (χ2v) is 16.0. The number of hydrogen-bond acceptors (Lipinski definition) is 6. The molecule has 3 aliphatic rings. The first kappa shape index (κ1) is 39.8. The van der Waals surface area contributed by atoms with E-state index in [1.807, 2.05) is 19.1 Å². The van der Waals surface area contributed by atoms with E-state index in [2.05, 4.69) is 93.5 Å². The fraction of sp³-hybridized carbons (Fsp3) is 0.478. The summed E-state index contributed by atoms with van der Waals surface area (Å²) < 4.78 is 11.1. The number of nitrogens with one attached hydrogen (secondary N) is 4. The van der Waals surface area contributed by atoms with Crippen LogP contribution in [0, 0.1) is 44.4 Å². The molecule has 5 atom stereocenters. The lowest BCUT2D eigenvalue weighted by atomic mass is 9.80. The minimum absolute atomic E-state index is 0.0180. The Bertz CT molecular complexity index is 2310. The zero-order chi connectivity index (χ0) is 39.7. The quantitative estimate of drug-likeness (QED) is 0.105. The van der Waals surface area contributed by atoms with E-state index in [0.29, 0.717) is 11.6 Å². The molecule has 9 heteroatoms. The van der Waals surface area contributed by atoms with E-state index in [4.69, 9.17) is 9.47 Å². The fourth-order valence-corrected chi connectivity index (χ4v) is 8.95. The van der Waals surface area contributed by atoms with Crippen LogP contribution in [0.4, 0.5) is 0 Å². The summed E-state index contributed by atoms with van der Waals surface area (Å²) >= 11 is 0. The van der Waals surface area contributed by atoms with Gasteiger partial charge in [0.1, 0.15) is 18.3 Å². The lowest BCUT2D eigenvalue weighted by molar-refractivity contribution is -0.143. The van der Waals surface area contributed by atoms with Crippen molar-refractivity contribution in [3.63, 3.8) is 0 Å². The molecular formula is C46H60N4O5. The number of esters is 2. The molecule has 55 heavy (non-hydrogen) atoms. The van der Waals surface area contributed by atoms with Crippen molar-refractivity contribution in [3.05, 3.63) is 90.1 Å². The number of fused-ring (bicyclic) bond motifs is 8. The third-order valence-electron chi connectivity index (χ3n) is 12.6. The molecule has 5 heterocycles. The van der Waals surface area contributed by atoms with Gasteiger partial charge in [-0.05, 0) is 117 Å². The summed E-state index contributed by atoms with van der Waals surface area (Å²) in [4.78, 5) is 37.8. The molecule has 0 radical (unpaired) electrons. The van der Waals surface area contributed by atoms with Crippen LogP contribution >= 0.6 is 0 Å². The lowest BCUT2D eigenvalue weighted by Crippen LogP contribution is -2.38. The third-order valence-corrected chi connectivity index (χ3v) is 12.6. The molecule has 6 rings (SSSR count). The van der Waals surface area contributed by atoms with Gasteiger partial charge in [0.2, 0.25) is 0 Å². The van der Waals surface area contributed by atoms with Crippen molar-refractivity contribution >= 4 is 47.6 Å². The Morgan fingerprint density at radius 1 is 0.982 bits per heavy atom. The van der Waals surface area contributed by atoms with Gasteiger partial charge in [0.25, 0.3) is 0 Å². The maximum atomic E-state index is 13.6. The predicted molar refractivity (Wildman–Crippen MR) is 221 cm³/mol. The molecule has 8 bridgehead atoms. The Kier molecular flexibility index (Phi) is 11.9. The number of allylic oxidation sites excluding steroid dienone is 2. The summed E-state index contributed by atoms with van der Waals surface area (Å²) in [5.41, 5.74) is 11.0. The molecule has 1 saturated heterocycles. The van der Waals surface area contributed by atoms with E-state index < -0.39 is 17.9 Å². The van der Waals surface area contributed by atoms with Gasteiger partial charge in [0, 0.05) is 56.6 Å². The number of aromatic nitrogens is 3. The van der Waals surface area contributed by atoms with Crippen molar-refractivity contribution < 1.29 is 24.2 Å². The molecule has 0 saturated carbocycles. The number of aliphatic hydroxyl groups is 1. The summed E-state index contributed by atoms with van der Waals surface area (Å²) in [7, 11) is 1.35. The molecular weight excluding hydrogens is 689 g/mol. The Labute approximate surface area is 325 Å². The third kappa shape index (κ3) is 7.54. The molecule has 3 aromatic heterocycles. The normalized spacial score (nSPS) is 22.9. The van der Waals surface area contributed by atoms with Crippen molar-refractivity contribution in [2.45, 2.75) is 106 Å². The van der Waals surface area contributed by atoms with Crippen LogP contribution in [0.5, 0.6) is 0 Å². The smallest absolute Gasteiger partial charge is 0.320 e. The van der Waals surface area contributed by atoms with Gasteiger partial charge in [0.15, 0.2) is 0 Å². The zero-order valence-electron chi connectivity index (χ0n) is 34.2. The number of hydrogen-bond donors (Lipinski definition) is 5. The Morgan fingerprint density at radius 2 is 1.71 bits per heavy atom. The number of aliphatic hydroxyl groups excluding tert-OH is 1. The van der Waals surface area contributed by atoms with Crippen LogP contribution in [-0.2, 0) is 25.5 Å². The minimum Gasteiger partial charge on any atom is -0.510 e. The second-order valence-electron chi connectivity index (χ2n) is 16.0. The number of aromatic amines is 3. The number of rotatable bonds is 13. The van der Waals surface area contributed by atoms with E-state index in [1.165, 1.54) is 36.7 Å². The maximum absolute atomic E-state index is 13.6. The van der Waals surface area contributed by atoms with Crippen LogP contribution in [-0.4, -0.2) is 51.8 Å². The molecule has 3 aromatic rings. The Hall–Kier alpha value is -4.92. The highest BCUT2D eigenvalue weighted by atomic mass is 16.5. The molecule has 0 spiro atoms. The predicted octanol–water partition coefficient (Wildman–Crippen LogP) is 6.14. The molecule has 1 unspecified atom stereocenters. The van der Waals surface area contributed by atoms with E-state index in [0.717, 1.165) is 86.3 Å². The summed E-state index contributed by atoms with van der Waals surface area (Å²) in [6, 6.07) is -0.390. The number of ether oxygens (including phenoxy) is 2. The maximum Gasteiger partial charge on any atom is 0.320 e. The summed E-state index contributed by atoms with van der Waals surface area (Å²) in [5.74, 6) is -1.20. The van der Waals surface area contributed by atoms with Gasteiger partial charge in [-0.25, -0.2) is 0 Å². The topological polar surface area (TPSA) is 132 Å². The van der Waals surface area contributed by atoms with Crippen LogP contribution in [0.2, 0.25) is 0 Å². The number of methoxy groups -OCH3 is 1. The van der Waals surface area contributed by atoms with Crippen molar-refractivity contribution in [1.82, 2.24) is 20.3 Å². The van der Waals surface area contributed by atoms with Crippen LogP contribution in [0.3, 0.4) is 0 Å². The highest BCUT2D eigenvalue weighted by molar-refractivity contribution is 5.95. The lowest BCUT2D eigenvalue weighted by Gasteiger charge is -2.26. The Balaban J connectivity index is 1.44. The van der Waals surface area contributed by atoms with Crippen molar-refractivity contribution in [1.29, 1.82) is 0 Å². The molecule has 1 fully saturated rings. The van der Waals surface area contributed by atoms with Crippen LogP contribution in [0.1, 0.15) is 118 Å². The number of carbonyl (C=O) groups excluding carboxylic acids is 2.